The predicted molar refractivity (Wildman–Crippen MR) is 66.2 cm³/mol. The zero-order valence-corrected chi connectivity index (χ0v) is 9.88. The summed E-state index contributed by atoms with van der Waals surface area (Å²) in [6, 6.07) is 4.42. The van der Waals surface area contributed by atoms with E-state index in [2.05, 4.69) is 0 Å². The number of rotatable bonds is 3. The van der Waals surface area contributed by atoms with Crippen LogP contribution in [0.2, 0.25) is 0 Å². The third-order valence-electron chi connectivity index (χ3n) is 2.26. The maximum Gasteiger partial charge on any atom is 0.336 e. The Labute approximate surface area is 106 Å². The molecule has 0 spiro atoms. The van der Waals surface area contributed by atoms with Crippen LogP contribution in [0.4, 0.5) is 8.78 Å². The molecule has 92 valence electrons. The van der Waals surface area contributed by atoms with Gasteiger partial charge in [-0.05, 0) is 46.2 Å². The summed E-state index contributed by atoms with van der Waals surface area (Å²) in [7, 11) is 0. The van der Waals surface area contributed by atoms with Crippen molar-refractivity contribution in [1.29, 1.82) is 0 Å². The zero-order chi connectivity index (χ0) is 13.1. The minimum absolute atomic E-state index is 0.00574. The summed E-state index contributed by atoms with van der Waals surface area (Å²) in [5.74, 6) is -2.84. The Balaban J connectivity index is 2.51. The average Bonchev–Trinajstić information content (AvgIpc) is 2.76. The van der Waals surface area contributed by atoms with Crippen LogP contribution < -0.4 is 0 Å². The lowest BCUT2D eigenvalue weighted by Crippen LogP contribution is -2.00. The van der Waals surface area contributed by atoms with E-state index in [-0.39, 0.29) is 11.1 Å². The van der Waals surface area contributed by atoms with Gasteiger partial charge in [-0.3, -0.25) is 0 Å². The SMILES string of the molecule is O=C(O)/C(=C\c1ccsc1)c1cc(F)cc(F)c1. The van der Waals surface area contributed by atoms with Gasteiger partial charge in [0.05, 0.1) is 5.57 Å². The van der Waals surface area contributed by atoms with Crippen molar-refractivity contribution < 1.29 is 18.7 Å². The molecule has 0 aliphatic carbocycles. The zero-order valence-electron chi connectivity index (χ0n) is 9.06. The van der Waals surface area contributed by atoms with Gasteiger partial charge in [-0.15, -0.1) is 0 Å². The first kappa shape index (κ1) is 12.4. The number of carboxylic acids is 1. The summed E-state index contributed by atoms with van der Waals surface area (Å²) in [5.41, 5.74) is 0.542. The van der Waals surface area contributed by atoms with Gasteiger partial charge < -0.3 is 5.11 Å². The lowest BCUT2D eigenvalue weighted by atomic mass is 10.0. The fourth-order valence-electron chi connectivity index (χ4n) is 1.50. The quantitative estimate of drug-likeness (QED) is 0.861. The molecule has 0 bridgehead atoms. The van der Waals surface area contributed by atoms with Gasteiger partial charge in [0.2, 0.25) is 0 Å². The normalized spacial score (nSPS) is 11.6. The predicted octanol–water partition coefficient (Wildman–Crippen LogP) is 3.65. The van der Waals surface area contributed by atoms with Gasteiger partial charge >= 0.3 is 5.97 Å². The van der Waals surface area contributed by atoms with E-state index in [0.717, 1.165) is 12.1 Å². The van der Waals surface area contributed by atoms with Gasteiger partial charge in [-0.1, -0.05) is 0 Å². The first-order valence-corrected chi connectivity index (χ1v) is 5.94. The molecule has 2 rings (SSSR count). The van der Waals surface area contributed by atoms with E-state index in [9.17, 15) is 13.6 Å². The molecule has 18 heavy (non-hydrogen) atoms. The first-order chi connectivity index (χ1) is 8.56. The van der Waals surface area contributed by atoms with Gasteiger partial charge in [-0.25, -0.2) is 13.6 Å². The van der Waals surface area contributed by atoms with Crippen molar-refractivity contribution >= 4 is 29.0 Å². The molecule has 5 heteroatoms. The van der Waals surface area contributed by atoms with Crippen LogP contribution in [0.25, 0.3) is 11.6 Å². The van der Waals surface area contributed by atoms with Crippen molar-refractivity contribution in [3.05, 3.63) is 57.8 Å². The number of hydrogen-bond donors (Lipinski definition) is 1. The van der Waals surface area contributed by atoms with E-state index in [4.69, 9.17) is 5.11 Å². The lowest BCUT2D eigenvalue weighted by molar-refractivity contribution is -0.130. The summed E-state index contributed by atoms with van der Waals surface area (Å²) in [4.78, 5) is 11.1. The van der Waals surface area contributed by atoms with Gasteiger partial charge in [0.25, 0.3) is 0 Å². The molecule has 1 heterocycles. The third-order valence-corrected chi connectivity index (χ3v) is 2.96. The van der Waals surface area contributed by atoms with E-state index < -0.39 is 17.6 Å². The maximum absolute atomic E-state index is 13.1. The van der Waals surface area contributed by atoms with Crippen molar-refractivity contribution in [2.24, 2.45) is 0 Å². The van der Waals surface area contributed by atoms with Crippen molar-refractivity contribution in [2.75, 3.05) is 0 Å². The monoisotopic (exact) mass is 266 g/mol. The largest absolute Gasteiger partial charge is 0.478 e. The topological polar surface area (TPSA) is 37.3 Å². The summed E-state index contributed by atoms with van der Waals surface area (Å²) in [5, 5.41) is 12.6. The Morgan fingerprint density at radius 1 is 1.22 bits per heavy atom. The van der Waals surface area contributed by atoms with Crippen LogP contribution in [0.15, 0.2) is 35.0 Å². The van der Waals surface area contributed by atoms with Crippen molar-refractivity contribution in [3.8, 4) is 0 Å². The molecule has 0 fully saturated rings. The van der Waals surface area contributed by atoms with Crippen molar-refractivity contribution in [1.82, 2.24) is 0 Å². The molecule has 0 saturated carbocycles. The van der Waals surface area contributed by atoms with E-state index in [1.165, 1.54) is 17.4 Å². The first-order valence-electron chi connectivity index (χ1n) is 5.00. The molecule has 1 aromatic carbocycles. The van der Waals surface area contributed by atoms with Crippen LogP contribution in [0, 0.1) is 11.6 Å². The highest BCUT2D eigenvalue weighted by atomic mass is 32.1. The second-order valence-electron chi connectivity index (χ2n) is 3.58. The fourth-order valence-corrected chi connectivity index (χ4v) is 2.12. The molecule has 0 aliphatic rings. The highest BCUT2D eigenvalue weighted by Gasteiger charge is 2.13. The molecule has 2 aromatic rings. The summed E-state index contributed by atoms with van der Waals surface area (Å²) in [6.45, 7) is 0. The molecule has 2 nitrogen and oxygen atoms in total. The molecule has 0 unspecified atom stereocenters. The molecule has 0 saturated heterocycles. The van der Waals surface area contributed by atoms with E-state index in [1.54, 1.807) is 16.8 Å². The maximum atomic E-state index is 13.1. The van der Waals surface area contributed by atoms with Gasteiger partial charge in [0.15, 0.2) is 0 Å². The van der Waals surface area contributed by atoms with Crippen molar-refractivity contribution in [3.63, 3.8) is 0 Å². The van der Waals surface area contributed by atoms with Gasteiger partial charge in [0.1, 0.15) is 11.6 Å². The van der Waals surface area contributed by atoms with Gasteiger partial charge in [-0.2, -0.15) is 11.3 Å². The van der Waals surface area contributed by atoms with E-state index >= 15 is 0 Å². The lowest BCUT2D eigenvalue weighted by Gasteiger charge is -2.03. The smallest absolute Gasteiger partial charge is 0.336 e. The number of carboxylic acid groups (broad SMARTS) is 1. The van der Waals surface area contributed by atoms with Crippen molar-refractivity contribution in [2.45, 2.75) is 0 Å². The van der Waals surface area contributed by atoms with Gasteiger partial charge in [0, 0.05) is 6.07 Å². The second kappa shape index (κ2) is 5.10. The van der Waals surface area contributed by atoms with Crippen LogP contribution >= 0.6 is 11.3 Å². The number of benzene rings is 1. The molecule has 0 atom stereocenters. The molecular weight excluding hydrogens is 258 g/mol. The number of thiophene rings is 1. The Morgan fingerprint density at radius 2 is 1.89 bits per heavy atom. The highest BCUT2D eigenvalue weighted by molar-refractivity contribution is 7.08. The number of halogens is 2. The minimum Gasteiger partial charge on any atom is -0.478 e. The molecule has 0 radical (unpaired) electrons. The Morgan fingerprint density at radius 3 is 2.39 bits per heavy atom. The van der Waals surface area contributed by atoms with Crippen LogP contribution in [0.5, 0.6) is 0 Å². The minimum atomic E-state index is -1.23. The number of hydrogen-bond acceptors (Lipinski definition) is 2. The van der Waals surface area contributed by atoms with Crippen LogP contribution in [-0.4, -0.2) is 11.1 Å². The fraction of sp³-hybridized carbons (Fsp3) is 0. The van der Waals surface area contributed by atoms with Crippen LogP contribution in [-0.2, 0) is 4.79 Å². The molecule has 0 amide bonds. The Kier molecular flexibility index (Phi) is 3.53. The summed E-state index contributed by atoms with van der Waals surface area (Å²) >= 11 is 1.41. The number of carbonyl (C=O) groups is 1. The van der Waals surface area contributed by atoms with Crippen LogP contribution in [0.3, 0.4) is 0 Å². The van der Waals surface area contributed by atoms with E-state index in [1.807, 2.05) is 0 Å². The molecular formula is C13H8F2O2S. The highest BCUT2D eigenvalue weighted by Crippen LogP contribution is 2.21. The molecule has 1 N–H and O–H groups in total. The Bertz CT molecular complexity index is 583. The second-order valence-corrected chi connectivity index (χ2v) is 4.36. The molecule has 1 aromatic heterocycles. The molecule has 0 aliphatic heterocycles. The average molecular weight is 266 g/mol. The summed E-state index contributed by atoms with van der Waals surface area (Å²) in [6.07, 6.45) is 1.38. The third kappa shape index (κ3) is 2.81. The standard InChI is InChI=1S/C13H8F2O2S/c14-10-4-9(5-11(15)6-10)12(13(16)17)3-8-1-2-18-7-8/h1-7H,(H,16,17)/b12-3-. The summed E-state index contributed by atoms with van der Waals surface area (Å²) < 4.78 is 26.1. The van der Waals surface area contributed by atoms with E-state index in [0.29, 0.717) is 11.6 Å². The van der Waals surface area contributed by atoms with Crippen LogP contribution in [0.1, 0.15) is 11.1 Å². The number of aliphatic carboxylic acids is 1. The Hall–Kier alpha value is -2.01.